The summed E-state index contributed by atoms with van der Waals surface area (Å²) in [7, 11) is 0. The van der Waals surface area contributed by atoms with Crippen molar-refractivity contribution < 1.29 is 4.79 Å². The molecule has 3 rings (SSSR count). The lowest BCUT2D eigenvalue weighted by Crippen LogP contribution is -2.33. The Labute approximate surface area is 126 Å². The van der Waals surface area contributed by atoms with Gasteiger partial charge in [0, 0.05) is 29.5 Å². The molecule has 0 saturated heterocycles. The molecule has 1 aliphatic carbocycles. The van der Waals surface area contributed by atoms with Gasteiger partial charge in [0.25, 0.3) is 5.91 Å². The number of halogens is 1. The largest absolute Gasteiger partial charge is 0.330 e. The Morgan fingerprint density at radius 2 is 2.20 bits per heavy atom. The lowest BCUT2D eigenvalue weighted by atomic mass is 10.2. The number of hydrogen-bond acceptors (Lipinski definition) is 3. The maximum absolute atomic E-state index is 12.5. The van der Waals surface area contributed by atoms with Crippen molar-refractivity contribution in [3.8, 4) is 0 Å². The maximum Gasteiger partial charge on any atom is 0.274 e. The third kappa shape index (κ3) is 3.04. The van der Waals surface area contributed by atoms with Crippen molar-refractivity contribution >= 4 is 21.8 Å². The van der Waals surface area contributed by atoms with Gasteiger partial charge in [-0.1, -0.05) is 28.1 Å². The highest BCUT2D eigenvalue weighted by Crippen LogP contribution is 2.29. The monoisotopic (exact) mass is 331 g/mol. The van der Waals surface area contributed by atoms with Gasteiger partial charge in [-0.3, -0.25) is 9.78 Å². The van der Waals surface area contributed by atoms with Gasteiger partial charge in [0.1, 0.15) is 5.69 Å². The second kappa shape index (κ2) is 5.71. The van der Waals surface area contributed by atoms with Crippen LogP contribution in [0.25, 0.3) is 0 Å². The second-order valence-electron chi connectivity index (χ2n) is 4.88. The molecule has 4 nitrogen and oxygen atoms in total. The first-order valence-corrected chi connectivity index (χ1v) is 7.35. The summed E-state index contributed by atoms with van der Waals surface area (Å²) >= 11 is 3.46. The Morgan fingerprint density at radius 1 is 1.35 bits per heavy atom. The summed E-state index contributed by atoms with van der Waals surface area (Å²) in [6, 6.07) is 8.37. The molecule has 1 amide bonds. The van der Waals surface area contributed by atoms with Crippen LogP contribution in [0.5, 0.6) is 0 Å². The van der Waals surface area contributed by atoms with E-state index in [0.717, 1.165) is 22.9 Å². The van der Waals surface area contributed by atoms with E-state index in [0.29, 0.717) is 18.3 Å². The van der Waals surface area contributed by atoms with Crippen LogP contribution in [0.1, 0.15) is 28.9 Å². The summed E-state index contributed by atoms with van der Waals surface area (Å²) in [4.78, 5) is 22.5. The number of carbonyl (C=O) groups excluding carboxylic acids is 1. The predicted molar refractivity (Wildman–Crippen MR) is 79.1 cm³/mol. The fraction of sp³-hybridized carbons (Fsp3) is 0.267. The standard InChI is InChI=1S/C15H14BrN3O/c16-12-3-1-2-11(8-12)10-19(13-4-5-13)15(20)14-9-17-6-7-18-14/h1-3,6-9,13H,4-5,10H2. The van der Waals surface area contributed by atoms with Gasteiger partial charge >= 0.3 is 0 Å². The third-order valence-electron chi connectivity index (χ3n) is 3.27. The van der Waals surface area contributed by atoms with Crippen molar-refractivity contribution in [2.75, 3.05) is 0 Å². The minimum atomic E-state index is -0.0411. The molecule has 0 aliphatic heterocycles. The fourth-order valence-corrected chi connectivity index (χ4v) is 2.59. The van der Waals surface area contributed by atoms with E-state index in [1.165, 1.54) is 6.20 Å². The topological polar surface area (TPSA) is 46.1 Å². The molecule has 1 aromatic heterocycles. The van der Waals surface area contributed by atoms with Crippen molar-refractivity contribution in [3.05, 3.63) is 58.6 Å². The summed E-state index contributed by atoms with van der Waals surface area (Å²) in [5, 5.41) is 0. The zero-order chi connectivity index (χ0) is 13.9. The summed E-state index contributed by atoms with van der Waals surface area (Å²) in [5.41, 5.74) is 1.53. The molecule has 1 aliphatic rings. The van der Waals surface area contributed by atoms with Gasteiger partial charge in [-0.05, 0) is 30.5 Å². The molecular weight excluding hydrogens is 318 g/mol. The summed E-state index contributed by atoms with van der Waals surface area (Å²) in [6.07, 6.45) is 6.79. The zero-order valence-corrected chi connectivity index (χ0v) is 12.5. The lowest BCUT2D eigenvalue weighted by Gasteiger charge is -2.22. The van der Waals surface area contributed by atoms with Crippen LogP contribution < -0.4 is 0 Å². The molecule has 0 atom stereocenters. The lowest BCUT2D eigenvalue weighted by molar-refractivity contribution is 0.0723. The molecule has 1 aromatic carbocycles. The molecule has 0 N–H and O–H groups in total. The fourth-order valence-electron chi connectivity index (χ4n) is 2.14. The Morgan fingerprint density at radius 3 is 2.85 bits per heavy atom. The summed E-state index contributed by atoms with van der Waals surface area (Å²) < 4.78 is 1.03. The van der Waals surface area contributed by atoms with Crippen molar-refractivity contribution in [2.45, 2.75) is 25.4 Å². The Bertz CT molecular complexity index is 614. The molecule has 2 aromatic rings. The van der Waals surface area contributed by atoms with Crippen LogP contribution in [-0.4, -0.2) is 26.8 Å². The van der Waals surface area contributed by atoms with Crippen molar-refractivity contribution in [1.29, 1.82) is 0 Å². The Balaban J connectivity index is 1.81. The number of amides is 1. The number of carbonyl (C=O) groups is 1. The van der Waals surface area contributed by atoms with E-state index in [2.05, 4.69) is 25.9 Å². The number of benzene rings is 1. The highest BCUT2D eigenvalue weighted by Gasteiger charge is 2.33. The zero-order valence-electron chi connectivity index (χ0n) is 10.9. The molecule has 1 saturated carbocycles. The van der Waals surface area contributed by atoms with E-state index in [-0.39, 0.29) is 5.91 Å². The van der Waals surface area contributed by atoms with Crippen LogP contribution in [0.15, 0.2) is 47.3 Å². The van der Waals surface area contributed by atoms with Crippen molar-refractivity contribution in [2.24, 2.45) is 0 Å². The van der Waals surface area contributed by atoms with Gasteiger partial charge in [0.15, 0.2) is 0 Å². The molecule has 0 spiro atoms. The SMILES string of the molecule is O=C(c1cnccn1)N(Cc1cccc(Br)c1)C1CC1. The Hall–Kier alpha value is -1.75. The van der Waals surface area contributed by atoms with Crippen LogP contribution in [0, 0.1) is 0 Å². The van der Waals surface area contributed by atoms with E-state index in [1.807, 2.05) is 29.2 Å². The van der Waals surface area contributed by atoms with Gasteiger partial charge in [-0.15, -0.1) is 0 Å². The first kappa shape index (κ1) is 13.2. The molecule has 1 fully saturated rings. The number of aromatic nitrogens is 2. The highest BCUT2D eigenvalue weighted by atomic mass is 79.9. The summed E-state index contributed by atoms with van der Waals surface area (Å²) in [6.45, 7) is 0.611. The molecular formula is C15H14BrN3O. The van der Waals surface area contributed by atoms with Gasteiger partial charge in [-0.2, -0.15) is 0 Å². The highest BCUT2D eigenvalue weighted by molar-refractivity contribution is 9.10. The second-order valence-corrected chi connectivity index (χ2v) is 5.80. The van der Waals surface area contributed by atoms with Crippen LogP contribution >= 0.6 is 15.9 Å². The van der Waals surface area contributed by atoms with Crippen LogP contribution in [0.3, 0.4) is 0 Å². The summed E-state index contributed by atoms with van der Waals surface area (Å²) in [5.74, 6) is -0.0411. The molecule has 0 unspecified atom stereocenters. The molecule has 102 valence electrons. The van der Waals surface area contributed by atoms with Crippen molar-refractivity contribution in [1.82, 2.24) is 14.9 Å². The van der Waals surface area contributed by atoms with Gasteiger partial charge in [0.05, 0.1) is 6.20 Å². The van der Waals surface area contributed by atoms with Crippen LogP contribution in [0.4, 0.5) is 0 Å². The van der Waals surface area contributed by atoms with E-state index >= 15 is 0 Å². The van der Waals surface area contributed by atoms with Crippen molar-refractivity contribution in [3.63, 3.8) is 0 Å². The van der Waals surface area contributed by atoms with E-state index in [9.17, 15) is 4.79 Å². The average molecular weight is 332 g/mol. The molecule has 5 heteroatoms. The van der Waals surface area contributed by atoms with Gasteiger partial charge < -0.3 is 4.90 Å². The molecule has 0 bridgehead atoms. The molecule has 1 heterocycles. The van der Waals surface area contributed by atoms with E-state index in [1.54, 1.807) is 12.4 Å². The van der Waals surface area contributed by atoms with Crippen LogP contribution in [-0.2, 0) is 6.54 Å². The van der Waals surface area contributed by atoms with E-state index < -0.39 is 0 Å². The quantitative estimate of drug-likeness (QED) is 0.865. The smallest absolute Gasteiger partial charge is 0.274 e. The minimum absolute atomic E-state index is 0.0411. The Kier molecular flexibility index (Phi) is 3.78. The molecule has 0 radical (unpaired) electrons. The maximum atomic E-state index is 12.5. The number of rotatable bonds is 4. The van der Waals surface area contributed by atoms with Gasteiger partial charge in [-0.25, -0.2) is 4.98 Å². The predicted octanol–water partition coefficient (Wildman–Crippen LogP) is 3.04. The molecule has 20 heavy (non-hydrogen) atoms. The first-order chi connectivity index (χ1) is 9.74. The van der Waals surface area contributed by atoms with E-state index in [4.69, 9.17) is 0 Å². The first-order valence-electron chi connectivity index (χ1n) is 6.55. The van der Waals surface area contributed by atoms with Gasteiger partial charge in [0.2, 0.25) is 0 Å². The third-order valence-corrected chi connectivity index (χ3v) is 3.77. The number of hydrogen-bond donors (Lipinski definition) is 0. The normalized spacial score (nSPS) is 14.1. The minimum Gasteiger partial charge on any atom is -0.330 e. The average Bonchev–Trinajstić information content (AvgIpc) is 3.30. The van der Waals surface area contributed by atoms with Crippen LogP contribution in [0.2, 0.25) is 0 Å². The number of nitrogens with zero attached hydrogens (tertiary/aromatic N) is 3.